The van der Waals surface area contributed by atoms with Crippen LogP contribution in [0.25, 0.3) is 0 Å². The topological polar surface area (TPSA) is 65.7 Å². The van der Waals surface area contributed by atoms with Gasteiger partial charge in [0.1, 0.15) is 0 Å². The third kappa shape index (κ3) is 1.28. The van der Waals surface area contributed by atoms with E-state index in [-0.39, 0.29) is 0 Å². The summed E-state index contributed by atoms with van der Waals surface area (Å²) in [7, 11) is 0. The number of rotatable bonds is 0. The molecular weight excluding hydrogens is 120 g/mol. The number of H-pyrrole nitrogens is 2. The fourth-order valence-electron chi connectivity index (χ4n) is 0.519. The first kappa shape index (κ1) is 5.81. The zero-order valence-corrected chi connectivity index (χ0v) is 4.60. The van der Waals surface area contributed by atoms with Crippen molar-refractivity contribution in [2.75, 3.05) is 0 Å². The fraction of sp³-hybridized carbons (Fsp3) is 0. The molecule has 2 N–H and O–H groups in total. The highest BCUT2D eigenvalue weighted by molar-refractivity contribution is 5.00. The van der Waals surface area contributed by atoms with Crippen molar-refractivity contribution in [3.05, 3.63) is 39.5 Å². The zero-order chi connectivity index (χ0) is 6.85. The van der Waals surface area contributed by atoms with Gasteiger partial charge in [-0.1, -0.05) is 0 Å². The van der Waals surface area contributed by atoms with E-state index in [1.165, 1.54) is 6.07 Å². The van der Waals surface area contributed by atoms with Crippen molar-refractivity contribution in [1.82, 2.24) is 9.97 Å². The van der Waals surface area contributed by atoms with Crippen LogP contribution in [0.3, 0.4) is 0 Å². The van der Waals surface area contributed by atoms with Crippen molar-refractivity contribution in [1.29, 1.82) is 0 Å². The van der Waals surface area contributed by atoms with Gasteiger partial charge in [0, 0.05) is 11.8 Å². The molecule has 0 saturated heterocycles. The molecule has 0 aliphatic rings. The van der Waals surface area contributed by atoms with E-state index in [4.69, 9.17) is 0 Å². The molecule has 0 aliphatic carbocycles. The Bertz CT molecular complexity index is 281. The van der Waals surface area contributed by atoms with Crippen LogP contribution >= 0.6 is 0 Å². The molecule has 0 amide bonds. The molecule has 4 nitrogen and oxygen atoms in total. The second kappa shape index (κ2) is 1.89. The lowest BCUT2D eigenvalue weighted by Crippen LogP contribution is -2.21. The summed E-state index contributed by atoms with van der Waals surface area (Å²) in [5.74, 6) is 0. The first-order valence-electron chi connectivity index (χ1n) is 2.34. The Balaban J connectivity index is 3.52. The molecule has 9 heavy (non-hydrogen) atoms. The Morgan fingerprint density at radius 3 is 2.44 bits per heavy atom. The van der Waals surface area contributed by atoms with Crippen LogP contribution in [0.4, 0.5) is 0 Å². The van der Waals surface area contributed by atoms with Crippen LogP contribution < -0.4 is 11.2 Å². The van der Waals surface area contributed by atoms with Crippen molar-refractivity contribution in [3.8, 4) is 0 Å². The van der Waals surface area contributed by atoms with E-state index in [9.17, 15) is 9.59 Å². The number of aromatic nitrogens is 2. The average molecular weight is 125 g/mol. The maximum Gasteiger partial charge on any atom is 0.325 e. The molecule has 0 atom stereocenters. The van der Waals surface area contributed by atoms with Crippen molar-refractivity contribution < 1.29 is 0 Å². The molecule has 1 rings (SSSR count). The van der Waals surface area contributed by atoms with Gasteiger partial charge in [0.25, 0.3) is 5.56 Å². The van der Waals surface area contributed by atoms with Gasteiger partial charge in [0.05, 0.1) is 0 Å². The Morgan fingerprint density at radius 2 is 2.00 bits per heavy atom. The lowest BCUT2D eigenvalue weighted by molar-refractivity contribution is 1.02. The smallest absolute Gasteiger partial charge is 0.311 e. The highest BCUT2D eigenvalue weighted by Gasteiger charge is 1.86. The summed E-state index contributed by atoms with van der Waals surface area (Å²) in [6.07, 6.45) is 0. The summed E-state index contributed by atoms with van der Waals surface area (Å²) >= 11 is 0. The number of nitrogens with one attached hydrogen (secondary N) is 2. The van der Waals surface area contributed by atoms with Crippen LogP contribution in [-0.2, 0) is 0 Å². The third-order valence-electron chi connectivity index (χ3n) is 0.816. The van der Waals surface area contributed by atoms with Gasteiger partial charge in [-0.2, -0.15) is 0 Å². The lowest BCUT2D eigenvalue weighted by atomic mass is 10.5. The van der Waals surface area contributed by atoms with Crippen molar-refractivity contribution in [3.63, 3.8) is 0 Å². The maximum absolute atomic E-state index is 10.4. The fourth-order valence-corrected chi connectivity index (χ4v) is 0.519. The van der Waals surface area contributed by atoms with Crippen LogP contribution in [0.15, 0.2) is 15.7 Å². The monoisotopic (exact) mass is 125 g/mol. The van der Waals surface area contributed by atoms with Crippen LogP contribution in [0.1, 0.15) is 5.69 Å². The Morgan fingerprint density at radius 1 is 1.33 bits per heavy atom. The quantitative estimate of drug-likeness (QED) is 0.479. The van der Waals surface area contributed by atoms with Crippen molar-refractivity contribution in [2.45, 2.75) is 0 Å². The number of hydrogen-bond acceptors (Lipinski definition) is 2. The third-order valence-corrected chi connectivity index (χ3v) is 0.816. The molecule has 1 radical (unpaired) electrons. The summed E-state index contributed by atoms with van der Waals surface area (Å²) < 4.78 is 0. The van der Waals surface area contributed by atoms with E-state index in [2.05, 4.69) is 11.9 Å². The molecule has 0 spiro atoms. The summed E-state index contributed by atoms with van der Waals surface area (Å²) in [6, 6.07) is 1.21. The van der Waals surface area contributed by atoms with Crippen LogP contribution in [-0.4, -0.2) is 9.97 Å². The Hall–Kier alpha value is -1.32. The molecule has 1 aromatic heterocycles. The second-order valence-electron chi connectivity index (χ2n) is 1.61. The Kier molecular flexibility index (Phi) is 1.22. The van der Waals surface area contributed by atoms with Gasteiger partial charge < -0.3 is 4.98 Å². The predicted molar refractivity (Wildman–Crippen MR) is 32.1 cm³/mol. The highest BCUT2D eigenvalue weighted by atomic mass is 16.2. The molecule has 0 saturated carbocycles. The normalized spacial score (nSPS) is 9.44. The first-order chi connectivity index (χ1) is 4.18. The van der Waals surface area contributed by atoms with Gasteiger partial charge in [-0.15, -0.1) is 0 Å². The molecular formula is C5H5N2O2. The molecule has 47 valence electrons. The van der Waals surface area contributed by atoms with Gasteiger partial charge in [0.2, 0.25) is 0 Å². The summed E-state index contributed by atoms with van der Waals surface area (Å²) in [6.45, 7) is 3.37. The molecule has 1 aromatic rings. The van der Waals surface area contributed by atoms with E-state index in [1.807, 2.05) is 4.98 Å². The molecule has 1 heterocycles. The van der Waals surface area contributed by atoms with Gasteiger partial charge in [-0.3, -0.25) is 9.78 Å². The van der Waals surface area contributed by atoms with E-state index in [0.29, 0.717) is 5.69 Å². The molecule has 0 fully saturated rings. The molecule has 0 aromatic carbocycles. The van der Waals surface area contributed by atoms with Gasteiger partial charge in [-0.25, -0.2) is 4.79 Å². The second-order valence-corrected chi connectivity index (χ2v) is 1.61. The van der Waals surface area contributed by atoms with Crippen LogP contribution in [0.2, 0.25) is 0 Å². The maximum atomic E-state index is 10.4. The van der Waals surface area contributed by atoms with Gasteiger partial charge in [-0.05, 0) is 6.92 Å². The molecule has 4 heteroatoms. The van der Waals surface area contributed by atoms with E-state index in [0.717, 1.165) is 0 Å². The predicted octanol–water partition coefficient (Wildman–Crippen LogP) is -0.755. The van der Waals surface area contributed by atoms with E-state index < -0.39 is 11.2 Å². The van der Waals surface area contributed by atoms with Gasteiger partial charge in [0.15, 0.2) is 0 Å². The van der Waals surface area contributed by atoms with Crippen LogP contribution in [0.5, 0.6) is 0 Å². The van der Waals surface area contributed by atoms with Gasteiger partial charge >= 0.3 is 5.69 Å². The lowest BCUT2D eigenvalue weighted by Gasteiger charge is -1.85. The minimum absolute atomic E-state index is 0.323. The largest absolute Gasteiger partial charge is 0.325 e. The summed E-state index contributed by atoms with van der Waals surface area (Å²) in [4.78, 5) is 25.0. The standard InChI is InChI=1S/C5H5N2O2/c1-3-2-4(8)7-5(9)6-3/h2H,1H2,(H2,6,7,8,9). The van der Waals surface area contributed by atoms with Crippen LogP contribution in [0, 0.1) is 6.92 Å². The summed E-state index contributed by atoms with van der Waals surface area (Å²) in [5.41, 5.74) is -0.625. The average Bonchev–Trinajstić information content (AvgIpc) is 1.59. The first-order valence-corrected chi connectivity index (χ1v) is 2.34. The minimum Gasteiger partial charge on any atom is -0.311 e. The Labute approximate surface area is 50.6 Å². The molecule has 0 bridgehead atoms. The van der Waals surface area contributed by atoms with E-state index in [1.54, 1.807) is 0 Å². The number of hydrogen-bond donors (Lipinski definition) is 2. The zero-order valence-electron chi connectivity index (χ0n) is 4.60. The van der Waals surface area contributed by atoms with Crippen molar-refractivity contribution in [2.24, 2.45) is 0 Å². The molecule has 0 unspecified atom stereocenters. The molecule has 0 aliphatic heterocycles. The van der Waals surface area contributed by atoms with E-state index >= 15 is 0 Å². The minimum atomic E-state index is -0.521. The SMILES string of the molecule is [CH2]c1cc(=O)[nH]c(=O)[nH]1. The highest BCUT2D eigenvalue weighted by Crippen LogP contribution is 1.73. The van der Waals surface area contributed by atoms with Crippen molar-refractivity contribution >= 4 is 0 Å². The summed E-state index contributed by atoms with van der Waals surface area (Å²) in [5, 5.41) is 0. The number of aromatic amines is 2.